The van der Waals surface area contributed by atoms with Crippen molar-refractivity contribution in [2.24, 2.45) is 0 Å². The average Bonchev–Trinajstić information content (AvgIpc) is 2.75. The van der Waals surface area contributed by atoms with Crippen molar-refractivity contribution in [3.63, 3.8) is 0 Å². The molecule has 0 heterocycles. The number of benzene rings is 3. The van der Waals surface area contributed by atoms with Crippen molar-refractivity contribution in [3.05, 3.63) is 77.3 Å². The lowest BCUT2D eigenvalue weighted by molar-refractivity contribution is -0.142. The topological polar surface area (TPSA) is 58.6 Å². The Labute approximate surface area is 175 Å². The van der Waals surface area contributed by atoms with Gasteiger partial charge in [0.15, 0.2) is 6.61 Å². The molecule has 29 heavy (non-hydrogen) atoms. The first-order chi connectivity index (χ1) is 14.0. The molecule has 2 amide bonds. The molecule has 0 saturated heterocycles. The summed E-state index contributed by atoms with van der Waals surface area (Å²) < 4.78 is 5.84. The number of carbonyl (C=O) groups excluding carboxylic acids is 2. The molecule has 0 aromatic heterocycles. The van der Waals surface area contributed by atoms with E-state index in [4.69, 9.17) is 16.3 Å². The molecule has 1 atom stereocenters. The number of hydrogen-bond donors (Lipinski definition) is 1. The summed E-state index contributed by atoms with van der Waals surface area (Å²) in [4.78, 5) is 26.7. The van der Waals surface area contributed by atoms with E-state index in [0.717, 1.165) is 16.3 Å². The Bertz CT molecular complexity index is 1020. The van der Waals surface area contributed by atoms with E-state index in [1.807, 2.05) is 60.7 Å². The molecule has 1 N–H and O–H groups in total. The zero-order valence-electron chi connectivity index (χ0n) is 16.4. The van der Waals surface area contributed by atoms with Crippen molar-refractivity contribution in [2.45, 2.75) is 19.5 Å². The van der Waals surface area contributed by atoms with E-state index >= 15 is 0 Å². The molecule has 0 fully saturated rings. The van der Waals surface area contributed by atoms with Gasteiger partial charge in [-0.1, -0.05) is 66.2 Å². The number of nitrogens with one attached hydrogen (secondary N) is 1. The summed E-state index contributed by atoms with van der Waals surface area (Å²) in [6.45, 7) is 1.72. The molecule has 6 heteroatoms. The van der Waals surface area contributed by atoms with Crippen LogP contribution in [0.2, 0.25) is 5.02 Å². The monoisotopic (exact) mass is 410 g/mol. The van der Waals surface area contributed by atoms with Gasteiger partial charge in [-0.15, -0.1) is 0 Å². The maximum Gasteiger partial charge on any atom is 0.261 e. The van der Waals surface area contributed by atoms with Crippen molar-refractivity contribution in [3.8, 4) is 5.75 Å². The molecule has 0 spiro atoms. The second kappa shape index (κ2) is 9.43. The number of ether oxygens (including phenoxy) is 1. The van der Waals surface area contributed by atoms with Gasteiger partial charge in [0, 0.05) is 24.0 Å². The molecule has 3 aromatic carbocycles. The molecular weight excluding hydrogens is 388 g/mol. The van der Waals surface area contributed by atoms with Crippen molar-refractivity contribution in [1.29, 1.82) is 0 Å². The molecule has 0 aliphatic heterocycles. The summed E-state index contributed by atoms with van der Waals surface area (Å²) in [7, 11) is 1.55. The lowest BCUT2D eigenvalue weighted by Gasteiger charge is -2.28. The lowest BCUT2D eigenvalue weighted by atomic mass is 10.1. The summed E-state index contributed by atoms with van der Waals surface area (Å²) in [5.74, 6) is 0.0752. The zero-order valence-corrected chi connectivity index (χ0v) is 17.1. The minimum absolute atomic E-state index is 0.181. The highest BCUT2D eigenvalue weighted by Gasteiger charge is 2.26. The summed E-state index contributed by atoms with van der Waals surface area (Å²) in [6.07, 6.45) is 0. The highest BCUT2D eigenvalue weighted by Crippen LogP contribution is 2.25. The largest absolute Gasteiger partial charge is 0.483 e. The highest BCUT2D eigenvalue weighted by molar-refractivity contribution is 6.31. The Morgan fingerprint density at radius 2 is 1.72 bits per heavy atom. The van der Waals surface area contributed by atoms with Crippen LogP contribution in [-0.2, 0) is 16.1 Å². The molecule has 0 aliphatic carbocycles. The zero-order chi connectivity index (χ0) is 20.8. The second-order valence-corrected chi connectivity index (χ2v) is 7.08. The number of nitrogens with zero attached hydrogens (tertiary/aromatic N) is 1. The maximum absolute atomic E-state index is 13.0. The number of amides is 2. The number of carbonyl (C=O) groups is 2. The third-order valence-electron chi connectivity index (χ3n) is 4.81. The Balaban J connectivity index is 1.80. The number of fused-ring (bicyclic) bond motifs is 1. The predicted molar refractivity (Wildman–Crippen MR) is 115 cm³/mol. The molecule has 3 aromatic rings. The van der Waals surface area contributed by atoms with Crippen LogP contribution in [0, 0.1) is 0 Å². The quantitative estimate of drug-likeness (QED) is 0.639. The molecule has 150 valence electrons. The molecular formula is C23H23ClN2O3. The van der Waals surface area contributed by atoms with Gasteiger partial charge in [0.2, 0.25) is 5.91 Å². The first-order valence-electron chi connectivity index (χ1n) is 9.36. The molecule has 3 rings (SSSR count). The van der Waals surface area contributed by atoms with Crippen LogP contribution in [0.4, 0.5) is 0 Å². The van der Waals surface area contributed by atoms with Crippen LogP contribution >= 0.6 is 11.6 Å². The van der Waals surface area contributed by atoms with Gasteiger partial charge < -0.3 is 15.0 Å². The first-order valence-corrected chi connectivity index (χ1v) is 9.74. The van der Waals surface area contributed by atoms with Gasteiger partial charge in [-0.05, 0) is 30.0 Å². The Hall–Kier alpha value is -3.05. The van der Waals surface area contributed by atoms with Crippen LogP contribution in [0.1, 0.15) is 12.5 Å². The van der Waals surface area contributed by atoms with Gasteiger partial charge in [-0.2, -0.15) is 0 Å². The fraction of sp³-hybridized carbons (Fsp3) is 0.217. The first kappa shape index (κ1) is 20.7. The molecule has 0 bridgehead atoms. The molecule has 5 nitrogen and oxygen atoms in total. The minimum atomic E-state index is -0.667. The van der Waals surface area contributed by atoms with Crippen molar-refractivity contribution in [1.82, 2.24) is 10.2 Å². The van der Waals surface area contributed by atoms with Crippen LogP contribution in [0.3, 0.4) is 0 Å². The third-order valence-corrected chi connectivity index (χ3v) is 5.18. The smallest absolute Gasteiger partial charge is 0.261 e. The van der Waals surface area contributed by atoms with E-state index in [-0.39, 0.29) is 25.0 Å². The number of halogens is 1. The van der Waals surface area contributed by atoms with Gasteiger partial charge in [0.05, 0.1) is 0 Å². The van der Waals surface area contributed by atoms with Gasteiger partial charge in [0.25, 0.3) is 5.91 Å². The number of hydrogen-bond acceptors (Lipinski definition) is 3. The lowest BCUT2D eigenvalue weighted by Crippen LogP contribution is -2.48. The highest BCUT2D eigenvalue weighted by atomic mass is 35.5. The van der Waals surface area contributed by atoms with E-state index in [1.165, 1.54) is 4.90 Å². The van der Waals surface area contributed by atoms with Gasteiger partial charge in [-0.25, -0.2) is 0 Å². The molecule has 1 unspecified atom stereocenters. The van der Waals surface area contributed by atoms with Crippen LogP contribution < -0.4 is 10.1 Å². The molecule has 0 saturated carbocycles. The summed E-state index contributed by atoms with van der Waals surface area (Å²) >= 11 is 6.26. The van der Waals surface area contributed by atoms with E-state index in [9.17, 15) is 9.59 Å². The standard InChI is InChI=1S/C23H23ClN2O3/c1-16(23(28)25-2)26(14-18-9-4-6-12-20(18)24)22(27)15-29-21-13-7-10-17-8-3-5-11-19(17)21/h3-13,16H,14-15H2,1-2H3,(H,25,28). The second-order valence-electron chi connectivity index (χ2n) is 6.67. The van der Waals surface area contributed by atoms with Gasteiger partial charge in [0.1, 0.15) is 11.8 Å². The fourth-order valence-electron chi connectivity index (χ4n) is 3.15. The Kier molecular flexibility index (Phi) is 6.73. The predicted octanol–water partition coefficient (Wildman–Crippen LogP) is 4.04. The third kappa shape index (κ3) is 4.87. The Morgan fingerprint density at radius 1 is 1.03 bits per heavy atom. The van der Waals surface area contributed by atoms with Gasteiger partial charge >= 0.3 is 0 Å². The fourth-order valence-corrected chi connectivity index (χ4v) is 3.34. The number of rotatable bonds is 7. The SMILES string of the molecule is CNC(=O)C(C)N(Cc1ccccc1Cl)C(=O)COc1cccc2ccccc12. The van der Waals surface area contributed by atoms with Crippen LogP contribution in [0.5, 0.6) is 5.75 Å². The average molecular weight is 411 g/mol. The van der Waals surface area contributed by atoms with Crippen LogP contribution in [0.25, 0.3) is 10.8 Å². The minimum Gasteiger partial charge on any atom is -0.483 e. The number of likely N-dealkylation sites (N-methyl/N-ethyl adjacent to an activating group) is 1. The van der Waals surface area contributed by atoms with Crippen LogP contribution in [-0.4, -0.2) is 36.4 Å². The normalized spacial score (nSPS) is 11.7. The van der Waals surface area contributed by atoms with E-state index in [2.05, 4.69) is 5.32 Å². The Morgan fingerprint density at radius 3 is 2.48 bits per heavy atom. The van der Waals surface area contributed by atoms with Crippen molar-refractivity contribution >= 4 is 34.2 Å². The van der Waals surface area contributed by atoms with Crippen molar-refractivity contribution < 1.29 is 14.3 Å². The molecule has 0 radical (unpaired) electrons. The van der Waals surface area contributed by atoms with E-state index in [1.54, 1.807) is 20.0 Å². The summed E-state index contributed by atoms with van der Waals surface area (Å²) in [5, 5.41) is 5.10. The summed E-state index contributed by atoms with van der Waals surface area (Å²) in [6, 6.07) is 20.1. The van der Waals surface area contributed by atoms with E-state index in [0.29, 0.717) is 10.8 Å². The summed E-state index contributed by atoms with van der Waals surface area (Å²) in [5.41, 5.74) is 0.767. The van der Waals surface area contributed by atoms with Crippen molar-refractivity contribution in [2.75, 3.05) is 13.7 Å². The molecule has 0 aliphatic rings. The van der Waals surface area contributed by atoms with Gasteiger partial charge in [-0.3, -0.25) is 9.59 Å². The van der Waals surface area contributed by atoms with E-state index < -0.39 is 6.04 Å². The maximum atomic E-state index is 13.0. The van der Waals surface area contributed by atoms with Crippen LogP contribution in [0.15, 0.2) is 66.7 Å².